The maximum atomic E-state index is 12.4. The van der Waals surface area contributed by atoms with Crippen molar-refractivity contribution in [2.45, 2.75) is 6.42 Å². The molecule has 6 heteroatoms. The Bertz CT molecular complexity index is 701. The summed E-state index contributed by atoms with van der Waals surface area (Å²) in [5.74, 6) is -0.566. The Kier molecular flexibility index (Phi) is 3.35. The molecule has 0 bridgehead atoms. The van der Waals surface area contributed by atoms with Crippen molar-refractivity contribution in [3.63, 3.8) is 0 Å². The first-order chi connectivity index (χ1) is 10.2. The fourth-order valence-corrected chi connectivity index (χ4v) is 2.41. The molecule has 1 amide bonds. The van der Waals surface area contributed by atoms with Crippen molar-refractivity contribution < 1.29 is 14.3 Å². The molecule has 0 saturated heterocycles. The minimum absolute atomic E-state index is 0.187. The molecule has 1 aromatic heterocycles. The van der Waals surface area contributed by atoms with Crippen LogP contribution in [-0.2, 0) is 11.2 Å². The van der Waals surface area contributed by atoms with Crippen LogP contribution in [0.2, 0.25) is 0 Å². The van der Waals surface area contributed by atoms with Crippen molar-refractivity contribution in [1.29, 1.82) is 0 Å². The molecule has 2 heterocycles. The van der Waals surface area contributed by atoms with E-state index >= 15 is 0 Å². The summed E-state index contributed by atoms with van der Waals surface area (Å²) in [5, 5.41) is 0. The van der Waals surface area contributed by atoms with Crippen molar-refractivity contribution in [3.8, 4) is 0 Å². The summed E-state index contributed by atoms with van der Waals surface area (Å²) in [6.45, 7) is 0.565. The van der Waals surface area contributed by atoms with E-state index in [4.69, 9.17) is 4.74 Å². The van der Waals surface area contributed by atoms with Gasteiger partial charge in [0.15, 0.2) is 0 Å². The Morgan fingerprint density at radius 2 is 2.14 bits per heavy atom. The topological polar surface area (TPSA) is 72.4 Å². The number of aromatic nitrogens is 2. The molecule has 1 aliphatic rings. The normalized spacial score (nSPS) is 12.9. The number of benzene rings is 1. The van der Waals surface area contributed by atoms with Crippen molar-refractivity contribution in [2.75, 3.05) is 18.6 Å². The molecule has 3 rings (SSSR count). The van der Waals surface area contributed by atoms with E-state index < -0.39 is 0 Å². The number of ether oxygens (including phenoxy) is 1. The van der Waals surface area contributed by atoms with Crippen LogP contribution in [0.1, 0.15) is 26.4 Å². The first-order valence-corrected chi connectivity index (χ1v) is 6.50. The van der Waals surface area contributed by atoms with Gasteiger partial charge in [-0.3, -0.25) is 9.78 Å². The maximum absolute atomic E-state index is 12.4. The molecule has 2 aromatic rings. The maximum Gasteiger partial charge on any atom is 0.337 e. The molecule has 1 aliphatic heterocycles. The third kappa shape index (κ3) is 2.35. The van der Waals surface area contributed by atoms with Gasteiger partial charge in [0.05, 0.1) is 18.9 Å². The quantitative estimate of drug-likeness (QED) is 0.780. The van der Waals surface area contributed by atoms with Gasteiger partial charge in [0.1, 0.15) is 5.69 Å². The van der Waals surface area contributed by atoms with Gasteiger partial charge in [0.25, 0.3) is 5.91 Å². The van der Waals surface area contributed by atoms with Gasteiger partial charge in [0.2, 0.25) is 0 Å². The Labute approximate surface area is 121 Å². The van der Waals surface area contributed by atoms with E-state index in [2.05, 4.69) is 9.97 Å². The first kappa shape index (κ1) is 13.2. The van der Waals surface area contributed by atoms with Crippen LogP contribution < -0.4 is 4.90 Å². The van der Waals surface area contributed by atoms with Gasteiger partial charge in [-0.05, 0) is 30.2 Å². The number of anilines is 1. The summed E-state index contributed by atoms with van der Waals surface area (Å²) in [7, 11) is 1.35. The highest BCUT2D eigenvalue weighted by atomic mass is 16.5. The molecule has 6 nitrogen and oxygen atoms in total. The van der Waals surface area contributed by atoms with E-state index in [9.17, 15) is 9.59 Å². The molecule has 0 saturated carbocycles. The highest BCUT2D eigenvalue weighted by Gasteiger charge is 2.27. The number of nitrogens with zero attached hydrogens (tertiary/aromatic N) is 3. The highest BCUT2D eigenvalue weighted by molar-refractivity contribution is 6.06. The van der Waals surface area contributed by atoms with Gasteiger partial charge >= 0.3 is 5.97 Å². The lowest BCUT2D eigenvalue weighted by Gasteiger charge is -2.16. The minimum atomic E-state index is -0.378. The largest absolute Gasteiger partial charge is 0.465 e. The molecule has 0 radical (unpaired) electrons. The molecule has 1 aromatic carbocycles. The zero-order chi connectivity index (χ0) is 14.8. The Hall–Kier alpha value is -2.76. The average Bonchev–Trinajstić information content (AvgIpc) is 2.97. The molecule has 106 valence electrons. The SMILES string of the molecule is COC(=O)c1ccc2c(c1)CCN2C(=O)c1cnccn1. The number of carbonyl (C=O) groups excluding carboxylic acids is 2. The summed E-state index contributed by atoms with van der Waals surface area (Å²) in [5.41, 5.74) is 2.56. The lowest BCUT2D eigenvalue weighted by molar-refractivity contribution is 0.0600. The van der Waals surface area contributed by atoms with E-state index in [0.717, 1.165) is 11.3 Å². The van der Waals surface area contributed by atoms with Gasteiger partial charge < -0.3 is 9.64 Å². The lowest BCUT2D eigenvalue weighted by atomic mass is 10.1. The Morgan fingerprint density at radius 1 is 1.29 bits per heavy atom. The standard InChI is InChI=1S/C15H13N3O3/c1-21-15(20)11-2-3-13-10(8-11)4-7-18(13)14(19)12-9-16-5-6-17-12/h2-3,5-6,8-9H,4,7H2,1H3. The Balaban J connectivity index is 1.91. The van der Waals surface area contributed by atoms with Gasteiger partial charge in [0, 0.05) is 24.6 Å². The number of hydrogen-bond acceptors (Lipinski definition) is 5. The van der Waals surface area contributed by atoms with E-state index in [-0.39, 0.29) is 11.9 Å². The number of amides is 1. The fourth-order valence-electron chi connectivity index (χ4n) is 2.41. The van der Waals surface area contributed by atoms with E-state index in [1.165, 1.54) is 25.7 Å². The number of fused-ring (bicyclic) bond motifs is 1. The number of esters is 1. The van der Waals surface area contributed by atoms with Crippen LogP contribution in [-0.4, -0.2) is 35.5 Å². The van der Waals surface area contributed by atoms with Gasteiger partial charge in [-0.2, -0.15) is 0 Å². The average molecular weight is 283 g/mol. The second kappa shape index (κ2) is 5.32. The number of rotatable bonds is 2. The highest BCUT2D eigenvalue weighted by Crippen LogP contribution is 2.30. The lowest BCUT2D eigenvalue weighted by Crippen LogP contribution is -2.29. The Morgan fingerprint density at radius 3 is 2.86 bits per heavy atom. The van der Waals surface area contributed by atoms with Crippen molar-refractivity contribution >= 4 is 17.6 Å². The fraction of sp³-hybridized carbons (Fsp3) is 0.200. The molecule has 0 spiro atoms. The monoisotopic (exact) mass is 283 g/mol. The van der Waals surface area contributed by atoms with E-state index in [0.29, 0.717) is 24.2 Å². The summed E-state index contributed by atoms with van der Waals surface area (Å²) >= 11 is 0. The van der Waals surface area contributed by atoms with Crippen LogP contribution in [0.5, 0.6) is 0 Å². The predicted molar refractivity (Wildman–Crippen MR) is 75.2 cm³/mol. The van der Waals surface area contributed by atoms with Crippen molar-refractivity contribution in [3.05, 3.63) is 53.6 Å². The van der Waals surface area contributed by atoms with E-state index in [1.807, 2.05) is 0 Å². The molecule has 0 fully saturated rings. The van der Waals surface area contributed by atoms with Crippen LogP contribution in [0.15, 0.2) is 36.8 Å². The molecule has 0 aliphatic carbocycles. The van der Waals surface area contributed by atoms with Gasteiger partial charge in [-0.25, -0.2) is 9.78 Å². The minimum Gasteiger partial charge on any atom is -0.465 e. The number of methoxy groups -OCH3 is 1. The van der Waals surface area contributed by atoms with Crippen LogP contribution >= 0.6 is 0 Å². The second-order valence-electron chi connectivity index (χ2n) is 4.63. The van der Waals surface area contributed by atoms with Crippen molar-refractivity contribution in [1.82, 2.24) is 9.97 Å². The van der Waals surface area contributed by atoms with Crippen LogP contribution in [0.25, 0.3) is 0 Å². The zero-order valence-electron chi connectivity index (χ0n) is 11.4. The molecule has 0 unspecified atom stereocenters. The summed E-state index contributed by atoms with van der Waals surface area (Å²) < 4.78 is 4.70. The number of hydrogen-bond donors (Lipinski definition) is 0. The van der Waals surface area contributed by atoms with E-state index in [1.54, 1.807) is 23.1 Å². The van der Waals surface area contributed by atoms with Gasteiger partial charge in [-0.15, -0.1) is 0 Å². The molecular formula is C15H13N3O3. The third-order valence-electron chi connectivity index (χ3n) is 3.42. The van der Waals surface area contributed by atoms with Gasteiger partial charge in [-0.1, -0.05) is 0 Å². The number of carbonyl (C=O) groups is 2. The van der Waals surface area contributed by atoms with Crippen molar-refractivity contribution in [2.24, 2.45) is 0 Å². The summed E-state index contributed by atoms with van der Waals surface area (Å²) in [6, 6.07) is 5.20. The second-order valence-corrected chi connectivity index (χ2v) is 4.63. The molecule has 21 heavy (non-hydrogen) atoms. The smallest absolute Gasteiger partial charge is 0.337 e. The molecule has 0 atom stereocenters. The predicted octanol–water partition coefficient (Wildman–Crippen LogP) is 1.47. The summed E-state index contributed by atoms with van der Waals surface area (Å²) in [6.07, 6.45) is 5.16. The summed E-state index contributed by atoms with van der Waals surface area (Å²) in [4.78, 5) is 33.5. The van der Waals surface area contributed by atoms with Crippen LogP contribution in [0.3, 0.4) is 0 Å². The third-order valence-corrected chi connectivity index (χ3v) is 3.42. The zero-order valence-corrected chi connectivity index (χ0v) is 11.4. The first-order valence-electron chi connectivity index (χ1n) is 6.50. The van der Waals surface area contributed by atoms with Crippen LogP contribution in [0, 0.1) is 0 Å². The molecular weight excluding hydrogens is 270 g/mol. The van der Waals surface area contributed by atoms with Crippen LogP contribution in [0.4, 0.5) is 5.69 Å². The molecule has 0 N–H and O–H groups in total.